The molecule has 6 heteroatoms. The molecule has 21 heavy (non-hydrogen) atoms. The number of methoxy groups -OCH3 is 1. The summed E-state index contributed by atoms with van der Waals surface area (Å²) in [4.78, 5) is 23.5. The number of amides is 1. The van der Waals surface area contributed by atoms with Crippen molar-refractivity contribution in [3.63, 3.8) is 0 Å². The third-order valence-corrected chi connectivity index (χ3v) is 3.51. The fourth-order valence-electron chi connectivity index (χ4n) is 2.29. The summed E-state index contributed by atoms with van der Waals surface area (Å²) in [6, 6.07) is 5.54. The molecule has 1 amide bonds. The van der Waals surface area contributed by atoms with Gasteiger partial charge in [0, 0.05) is 6.61 Å². The minimum atomic E-state index is -1.09. The zero-order valence-corrected chi connectivity index (χ0v) is 11.9. The zero-order chi connectivity index (χ0) is 15.2. The van der Waals surface area contributed by atoms with Gasteiger partial charge in [-0.15, -0.1) is 0 Å². The van der Waals surface area contributed by atoms with E-state index in [2.05, 4.69) is 5.32 Å². The van der Waals surface area contributed by atoms with E-state index in [9.17, 15) is 14.7 Å². The number of aliphatic carboxylic acids is 1. The first kappa shape index (κ1) is 15.3. The molecule has 6 nitrogen and oxygen atoms in total. The van der Waals surface area contributed by atoms with E-state index >= 15 is 0 Å². The molecular formula is C15H19NO5. The lowest BCUT2D eigenvalue weighted by molar-refractivity contribution is -0.143. The summed E-state index contributed by atoms with van der Waals surface area (Å²) in [6.45, 7) is 1.01. The highest BCUT2D eigenvalue weighted by Gasteiger charge is 2.27. The Labute approximate surface area is 123 Å². The smallest absolute Gasteiger partial charge is 0.330 e. The van der Waals surface area contributed by atoms with Crippen LogP contribution < -0.4 is 10.1 Å². The zero-order valence-electron chi connectivity index (χ0n) is 11.9. The highest BCUT2D eigenvalue weighted by atomic mass is 16.5. The van der Waals surface area contributed by atoms with Crippen LogP contribution in [0.3, 0.4) is 0 Å². The maximum atomic E-state index is 12.1. The lowest BCUT2D eigenvalue weighted by Gasteiger charge is -2.23. The van der Waals surface area contributed by atoms with E-state index in [1.165, 1.54) is 7.11 Å². The van der Waals surface area contributed by atoms with Crippen molar-refractivity contribution in [3.8, 4) is 5.75 Å². The van der Waals surface area contributed by atoms with Crippen molar-refractivity contribution in [2.75, 3.05) is 20.3 Å². The number of rotatable bonds is 5. The van der Waals surface area contributed by atoms with Crippen LogP contribution in [0.15, 0.2) is 24.3 Å². The number of nitrogens with one attached hydrogen (secondary N) is 1. The molecule has 0 bridgehead atoms. The minimum absolute atomic E-state index is 0.279. The Hall–Kier alpha value is -2.08. The normalized spacial score (nSPS) is 19.6. The highest BCUT2D eigenvalue weighted by molar-refractivity contribution is 5.86. The maximum Gasteiger partial charge on any atom is 0.330 e. The van der Waals surface area contributed by atoms with Gasteiger partial charge in [-0.1, -0.05) is 12.1 Å². The standard InChI is InChI=1S/C15H19NO5/c1-20-12-6-4-10(5-7-12)13(15(18)19)16-14(17)11-3-2-8-21-9-11/h4-7,11,13H,2-3,8-9H2,1H3,(H,16,17)(H,18,19)/t11-,13-/m0/s1. The number of carboxylic acids is 1. The van der Waals surface area contributed by atoms with Crippen molar-refractivity contribution in [1.82, 2.24) is 5.32 Å². The van der Waals surface area contributed by atoms with Gasteiger partial charge in [-0.25, -0.2) is 4.79 Å². The van der Waals surface area contributed by atoms with Crippen LogP contribution >= 0.6 is 0 Å². The van der Waals surface area contributed by atoms with Crippen LogP contribution in [-0.2, 0) is 14.3 Å². The molecule has 1 heterocycles. The number of benzene rings is 1. The highest BCUT2D eigenvalue weighted by Crippen LogP contribution is 2.20. The van der Waals surface area contributed by atoms with E-state index < -0.39 is 12.0 Å². The number of hydrogen-bond donors (Lipinski definition) is 2. The van der Waals surface area contributed by atoms with Gasteiger partial charge in [0.25, 0.3) is 0 Å². The molecule has 2 atom stereocenters. The van der Waals surface area contributed by atoms with Gasteiger partial charge in [-0.05, 0) is 30.5 Å². The monoisotopic (exact) mass is 293 g/mol. The Bertz CT molecular complexity index is 493. The van der Waals surface area contributed by atoms with Crippen molar-refractivity contribution in [2.45, 2.75) is 18.9 Å². The van der Waals surface area contributed by atoms with Crippen LogP contribution in [0.2, 0.25) is 0 Å². The summed E-state index contributed by atoms with van der Waals surface area (Å²) in [5, 5.41) is 11.9. The van der Waals surface area contributed by atoms with Gasteiger partial charge in [-0.3, -0.25) is 4.79 Å². The third-order valence-electron chi connectivity index (χ3n) is 3.51. The number of carbonyl (C=O) groups is 2. The fraction of sp³-hybridized carbons (Fsp3) is 0.467. The average molecular weight is 293 g/mol. The lowest BCUT2D eigenvalue weighted by Crippen LogP contribution is -2.40. The second-order valence-electron chi connectivity index (χ2n) is 4.97. The van der Waals surface area contributed by atoms with E-state index in [1.54, 1.807) is 24.3 Å². The van der Waals surface area contributed by atoms with Crippen LogP contribution in [0.4, 0.5) is 0 Å². The molecule has 1 fully saturated rings. The van der Waals surface area contributed by atoms with Crippen LogP contribution in [0, 0.1) is 5.92 Å². The molecule has 0 radical (unpaired) electrons. The van der Waals surface area contributed by atoms with Crippen molar-refractivity contribution in [2.24, 2.45) is 5.92 Å². The second kappa shape index (κ2) is 7.08. The molecule has 0 unspecified atom stereocenters. The van der Waals surface area contributed by atoms with E-state index in [1.807, 2.05) is 0 Å². The molecule has 0 spiro atoms. The van der Waals surface area contributed by atoms with Gasteiger partial charge in [0.15, 0.2) is 6.04 Å². The van der Waals surface area contributed by atoms with Crippen molar-refractivity contribution >= 4 is 11.9 Å². The van der Waals surface area contributed by atoms with E-state index in [0.29, 0.717) is 24.5 Å². The van der Waals surface area contributed by atoms with Crippen LogP contribution in [0.1, 0.15) is 24.4 Å². The van der Waals surface area contributed by atoms with E-state index in [0.717, 1.165) is 12.8 Å². The number of ether oxygens (including phenoxy) is 2. The summed E-state index contributed by atoms with van der Waals surface area (Å²) in [5.74, 6) is -1.02. The van der Waals surface area contributed by atoms with Gasteiger partial charge >= 0.3 is 5.97 Å². The second-order valence-corrected chi connectivity index (χ2v) is 4.97. The molecule has 1 aliphatic heterocycles. The Morgan fingerprint density at radius 3 is 2.62 bits per heavy atom. The third kappa shape index (κ3) is 3.95. The summed E-state index contributed by atoms with van der Waals surface area (Å²) < 4.78 is 10.3. The van der Waals surface area contributed by atoms with Gasteiger partial charge < -0.3 is 19.9 Å². The van der Waals surface area contributed by atoms with Crippen molar-refractivity contribution < 1.29 is 24.2 Å². The quantitative estimate of drug-likeness (QED) is 0.856. The average Bonchev–Trinajstić information content (AvgIpc) is 2.53. The molecule has 114 valence electrons. The van der Waals surface area contributed by atoms with Crippen LogP contribution in [0.5, 0.6) is 5.75 Å². The SMILES string of the molecule is COc1ccc([C@H](NC(=O)[C@H]2CCCOC2)C(=O)O)cc1. The molecule has 1 aliphatic rings. The summed E-state index contributed by atoms with van der Waals surface area (Å²) in [6.07, 6.45) is 1.54. The number of carboxylic acid groups (broad SMARTS) is 1. The predicted molar refractivity (Wildman–Crippen MR) is 75.1 cm³/mol. The molecule has 2 rings (SSSR count). The molecule has 0 aromatic heterocycles. The molecule has 0 aliphatic carbocycles. The van der Waals surface area contributed by atoms with Gasteiger partial charge in [-0.2, -0.15) is 0 Å². The van der Waals surface area contributed by atoms with E-state index in [-0.39, 0.29) is 11.8 Å². The minimum Gasteiger partial charge on any atom is -0.497 e. The fourth-order valence-corrected chi connectivity index (χ4v) is 2.29. The largest absolute Gasteiger partial charge is 0.497 e. The number of carbonyl (C=O) groups excluding carboxylic acids is 1. The Balaban J connectivity index is 2.07. The van der Waals surface area contributed by atoms with Gasteiger partial charge in [0.2, 0.25) is 5.91 Å². The van der Waals surface area contributed by atoms with Crippen molar-refractivity contribution in [1.29, 1.82) is 0 Å². The van der Waals surface area contributed by atoms with Gasteiger partial charge in [0.05, 0.1) is 19.6 Å². The van der Waals surface area contributed by atoms with E-state index in [4.69, 9.17) is 9.47 Å². The number of hydrogen-bond acceptors (Lipinski definition) is 4. The predicted octanol–water partition coefficient (Wildman–Crippen LogP) is 1.36. The Morgan fingerprint density at radius 1 is 1.38 bits per heavy atom. The van der Waals surface area contributed by atoms with Crippen molar-refractivity contribution in [3.05, 3.63) is 29.8 Å². The topological polar surface area (TPSA) is 84.9 Å². The summed E-state index contributed by atoms with van der Waals surface area (Å²) in [7, 11) is 1.54. The Kier molecular flexibility index (Phi) is 5.16. The first-order valence-electron chi connectivity index (χ1n) is 6.86. The first-order valence-corrected chi connectivity index (χ1v) is 6.86. The molecule has 2 N–H and O–H groups in total. The van der Waals surface area contributed by atoms with Crippen LogP contribution in [-0.4, -0.2) is 37.3 Å². The molecule has 1 saturated heterocycles. The molecule has 1 aromatic carbocycles. The Morgan fingerprint density at radius 2 is 2.10 bits per heavy atom. The van der Waals surface area contributed by atoms with Gasteiger partial charge in [0.1, 0.15) is 5.75 Å². The maximum absolute atomic E-state index is 12.1. The summed E-state index contributed by atoms with van der Waals surface area (Å²) in [5.41, 5.74) is 0.508. The lowest BCUT2D eigenvalue weighted by atomic mass is 10.00. The van der Waals surface area contributed by atoms with Crippen LogP contribution in [0.25, 0.3) is 0 Å². The first-order chi connectivity index (χ1) is 10.1. The molecular weight excluding hydrogens is 274 g/mol. The molecule has 0 saturated carbocycles. The molecule has 1 aromatic rings. The summed E-state index contributed by atoms with van der Waals surface area (Å²) >= 11 is 0.